The number of aromatic nitrogens is 1. The van der Waals surface area contributed by atoms with Gasteiger partial charge >= 0.3 is 5.97 Å². The van der Waals surface area contributed by atoms with Crippen molar-refractivity contribution in [3.8, 4) is 17.0 Å². The topological polar surface area (TPSA) is 98.6 Å². The Balaban J connectivity index is 2.49. The number of hydrogen-bond donors (Lipinski definition) is 2. The van der Waals surface area contributed by atoms with Gasteiger partial charge in [-0.15, -0.1) is 0 Å². The second-order valence-electron chi connectivity index (χ2n) is 3.30. The van der Waals surface area contributed by atoms with Crippen LogP contribution in [-0.4, -0.2) is 23.3 Å². The number of nitrogens with two attached hydrogens (primary N) is 1. The summed E-state index contributed by atoms with van der Waals surface area (Å²) in [7, 11) is 1.55. The van der Waals surface area contributed by atoms with E-state index >= 15 is 0 Å². The summed E-state index contributed by atoms with van der Waals surface area (Å²) in [5, 5.41) is 12.6. The number of aromatic carboxylic acids is 1. The number of rotatable bonds is 3. The maximum absolute atomic E-state index is 11.0. The molecule has 2 aromatic rings. The van der Waals surface area contributed by atoms with Gasteiger partial charge in [-0.1, -0.05) is 5.16 Å². The van der Waals surface area contributed by atoms with Gasteiger partial charge in [0.25, 0.3) is 0 Å². The van der Waals surface area contributed by atoms with Gasteiger partial charge in [0.05, 0.1) is 7.11 Å². The number of ether oxygens (including phenoxy) is 1. The van der Waals surface area contributed by atoms with Crippen LogP contribution >= 0.6 is 0 Å². The highest BCUT2D eigenvalue weighted by atomic mass is 16.5. The van der Waals surface area contributed by atoms with E-state index < -0.39 is 5.97 Å². The molecule has 88 valence electrons. The molecule has 0 saturated carbocycles. The standard InChI is InChI=1S/C11H10N2O4/c1-16-7-4-2-6(3-5-7)9-8(11(14)15)10(12)17-13-9/h2-5H,12H2,1H3,(H,14,15). The Hall–Kier alpha value is -2.50. The predicted molar refractivity (Wildman–Crippen MR) is 59.9 cm³/mol. The van der Waals surface area contributed by atoms with Crippen molar-refractivity contribution < 1.29 is 19.2 Å². The SMILES string of the molecule is COc1ccc(-c2noc(N)c2C(=O)O)cc1. The predicted octanol–water partition coefficient (Wildman–Crippen LogP) is 1.63. The molecule has 1 aromatic heterocycles. The molecule has 0 atom stereocenters. The number of nitrogen functional groups attached to an aromatic ring is 1. The number of carbonyl (C=O) groups is 1. The minimum absolute atomic E-state index is 0.129. The van der Waals surface area contributed by atoms with E-state index in [4.69, 9.17) is 15.6 Å². The molecule has 0 radical (unpaired) electrons. The van der Waals surface area contributed by atoms with Gasteiger partial charge in [0, 0.05) is 5.56 Å². The molecule has 0 aliphatic rings. The summed E-state index contributed by atoms with van der Waals surface area (Å²) >= 11 is 0. The van der Waals surface area contributed by atoms with Gasteiger partial charge in [-0.05, 0) is 24.3 Å². The molecule has 2 rings (SSSR count). The third-order valence-electron chi connectivity index (χ3n) is 2.30. The molecule has 0 amide bonds. The molecule has 6 heteroatoms. The van der Waals surface area contributed by atoms with E-state index in [1.807, 2.05) is 0 Å². The monoisotopic (exact) mass is 234 g/mol. The summed E-state index contributed by atoms with van der Waals surface area (Å²) in [6, 6.07) is 6.77. The van der Waals surface area contributed by atoms with E-state index in [0.29, 0.717) is 11.3 Å². The van der Waals surface area contributed by atoms with Crippen LogP contribution in [0.4, 0.5) is 5.88 Å². The summed E-state index contributed by atoms with van der Waals surface area (Å²) in [5.74, 6) is -0.708. The molecular weight excluding hydrogens is 224 g/mol. The van der Waals surface area contributed by atoms with Crippen molar-refractivity contribution >= 4 is 11.9 Å². The average Bonchev–Trinajstić information content (AvgIpc) is 2.71. The second-order valence-corrected chi connectivity index (χ2v) is 3.30. The van der Waals surface area contributed by atoms with Gasteiger partial charge in [-0.25, -0.2) is 4.79 Å². The number of hydrogen-bond acceptors (Lipinski definition) is 5. The van der Waals surface area contributed by atoms with Crippen molar-refractivity contribution in [2.24, 2.45) is 0 Å². The van der Waals surface area contributed by atoms with Gasteiger partial charge in [0.15, 0.2) is 5.56 Å². The fourth-order valence-electron chi connectivity index (χ4n) is 1.46. The van der Waals surface area contributed by atoms with E-state index in [-0.39, 0.29) is 17.1 Å². The molecule has 0 spiro atoms. The highest BCUT2D eigenvalue weighted by Gasteiger charge is 2.21. The molecular formula is C11H10N2O4. The summed E-state index contributed by atoms with van der Waals surface area (Å²) in [6.07, 6.45) is 0. The normalized spacial score (nSPS) is 10.2. The van der Waals surface area contributed by atoms with Crippen molar-refractivity contribution in [2.75, 3.05) is 12.8 Å². The zero-order valence-electron chi connectivity index (χ0n) is 9.01. The van der Waals surface area contributed by atoms with Crippen molar-refractivity contribution in [2.45, 2.75) is 0 Å². The van der Waals surface area contributed by atoms with Gasteiger partial charge in [-0.3, -0.25) is 0 Å². The lowest BCUT2D eigenvalue weighted by Crippen LogP contribution is -2.01. The Morgan fingerprint density at radius 1 is 1.41 bits per heavy atom. The quantitative estimate of drug-likeness (QED) is 0.837. The first kappa shape index (κ1) is 11.0. The summed E-state index contributed by atoms with van der Waals surface area (Å²) < 4.78 is 9.69. The molecule has 1 heterocycles. The van der Waals surface area contributed by atoms with Crippen molar-refractivity contribution in [1.82, 2.24) is 5.16 Å². The molecule has 0 fully saturated rings. The lowest BCUT2D eigenvalue weighted by Gasteiger charge is -2.01. The van der Waals surface area contributed by atoms with Crippen LogP contribution in [0.2, 0.25) is 0 Å². The molecule has 0 bridgehead atoms. The number of benzene rings is 1. The second kappa shape index (κ2) is 4.17. The number of nitrogens with zero attached hydrogens (tertiary/aromatic N) is 1. The Morgan fingerprint density at radius 3 is 2.59 bits per heavy atom. The van der Waals surface area contributed by atoms with Crippen LogP contribution < -0.4 is 10.5 Å². The maximum Gasteiger partial charge on any atom is 0.343 e. The minimum atomic E-state index is -1.17. The van der Waals surface area contributed by atoms with Crippen LogP contribution in [0.5, 0.6) is 5.75 Å². The third kappa shape index (κ3) is 1.92. The molecule has 0 unspecified atom stereocenters. The minimum Gasteiger partial charge on any atom is -0.497 e. The van der Waals surface area contributed by atoms with Gasteiger partial charge in [0.2, 0.25) is 5.88 Å². The van der Waals surface area contributed by atoms with Gasteiger partial charge in [-0.2, -0.15) is 0 Å². The first-order valence-electron chi connectivity index (χ1n) is 4.76. The summed E-state index contributed by atoms with van der Waals surface area (Å²) in [6.45, 7) is 0. The van der Waals surface area contributed by atoms with Gasteiger partial charge in [0.1, 0.15) is 11.4 Å². The first-order valence-corrected chi connectivity index (χ1v) is 4.76. The molecule has 1 aromatic carbocycles. The van der Waals surface area contributed by atoms with E-state index in [2.05, 4.69) is 9.68 Å². The van der Waals surface area contributed by atoms with E-state index in [9.17, 15) is 4.79 Å². The number of carboxylic acid groups (broad SMARTS) is 1. The van der Waals surface area contributed by atoms with Crippen molar-refractivity contribution in [3.05, 3.63) is 29.8 Å². The molecule has 0 saturated heterocycles. The molecule has 3 N–H and O–H groups in total. The lowest BCUT2D eigenvalue weighted by atomic mass is 10.1. The van der Waals surface area contributed by atoms with E-state index in [1.165, 1.54) is 0 Å². The zero-order chi connectivity index (χ0) is 12.4. The Labute approximate surface area is 96.6 Å². The Morgan fingerprint density at radius 2 is 2.06 bits per heavy atom. The number of methoxy groups -OCH3 is 1. The van der Waals surface area contributed by atoms with Crippen LogP contribution in [0.15, 0.2) is 28.8 Å². The van der Waals surface area contributed by atoms with Crippen molar-refractivity contribution in [3.63, 3.8) is 0 Å². The maximum atomic E-state index is 11.0. The molecule has 6 nitrogen and oxygen atoms in total. The van der Waals surface area contributed by atoms with Gasteiger partial charge < -0.3 is 20.1 Å². The number of anilines is 1. The third-order valence-corrected chi connectivity index (χ3v) is 2.30. The molecule has 0 aliphatic carbocycles. The summed E-state index contributed by atoms with van der Waals surface area (Å²) in [5.41, 5.74) is 6.08. The van der Waals surface area contributed by atoms with Crippen molar-refractivity contribution in [1.29, 1.82) is 0 Å². The van der Waals surface area contributed by atoms with Crippen LogP contribution in [0, 0.1) is 0 Å². The fourth-order valence-corrected chi connectivity index (χ4v) is 1.46. The smallest absolute Gasteiger partial charge is 0.343 e. The highest BCUT2D eigenvalue weighted by molar-refractivity contribution is 5.98. The molecule has 17 heavy (non-hydrogen) atoms. The zero-order valence-corrected chi connectivity index (χ0v) is 9.01. The van der Waals surface area contributed by atoms with Crippen LogP contribution in [0.3, 0.4) is 0 Å². The molecule has 0 aliphatic heterocycles. The van der Waals surface area contributed by atoms with E-state index in [1.54, 1.807) is 31.4 Å². The Kier molecular flexibility index (Phi) is 2.70. The Bertz CT molecular complexity index is 545. The van der Waals surface area contributed by atoms with Crippen LogP contribution in [0.1, 0.15) is 10.4 Å². The summed E-state index contributed by atoms with van der Waals surface area (Å²) in [4.78, 5) is 11.0. The number of carboxylic acids is 1. The van der Waals surface area contributed by atoms with Crippen LogP contribution in [0.25, 0.3) is 11.3 Å². The average molecular weight is 234 g/mol. The van der Waals surface area contributed by atoms with Crippen LogP contribution in [-0.2, 0) is 0 Å². The first-order chi connectivity index (χ1) is 8.13. The van der Waals surface area contributed by atoms with E-state index in [0.717, 1.165) is 0 Å². The largest absolute Gasteiger partial charge is 0.497 e. The highest BCUT2D eigenvalue weighted by Crippen LogP contribution is 2.28. The lowest BCUT2D eigenvalue weighted by molar-refractivity contribution is 0.0698. The fraction of sp³-hybridized carbons (Fsp3) is 0.0909.